The molecule has 3 aromatic carbocycles. The molecule has 0 fully saturated rings. The molecule has 0 aliphatic rings. The first kappa shape index (κ1) is 33.4. The van der Waals surface area contributed by atoms with Crippen LogP contribution in [0.15, 0.2) is 66.7 Å². The number of ether oxygens (including phenoxy) is 2. The molecule has 6 heteroatoms. The highest BCUT2D eigenvalue weighted by Gasteiger charge is 2.14. The van der Waals surface area contributed by atoms with E-state index in [1.54, 1.807) is 48.5 Å². The second-order valence-electron chi connectivity index (χ2n) is 11.1. The van der Waals surface area contributed by atoms with Gasteiger partial charge >= 0.3 is 11.9 Å². The van der Waals surface area contributed by atoms with Crippen LogP contribution in [0, 0.1) is 6.92 Å². The van der Waals surface area contributed by atoms with E-state index in [2.05, 4.69) is 13.8 Å². The predicted octanol–water partition coefficient (Wildman–Crippen LogP) is 8.60. The van der Waals surface area contributed by atoms with Crippen molar-refractivity contribution in [2.75, 3.05) is 0 Å². The van der Waals surface area contributed by atoms with Gasteiger partial charge in [0.15, 0.2) is 5.78 Å². The van der Waals surface area contributed by atoms with Crippen LogP contribution in [0.4, 0.5) is 0 Å². The molecule has 0 saturated heterocycles. The zero-order valence-electron chi connectivity index (χ0n) is 25.8. The molecule has 0 aliphatic carbocycles. The minimum absolute atomic E-state index is 0.0240. The highest BCUT2D eigenvalue weighted by Crippen LogP contribution is 2.23. The van der Waals surface area contributed by atoms with Crippen LogP contribution in [0.5, 0.6) is 11.5 Å². The van der Waals surface area contributed by atoms with Gasteiger partial charge in [-0.25, -0.2) is 4.79 Å². The van der Waals surface area contributed by atoms with Crippen molar-refractivity contribution >= 4 is 23.5 Å². The van der Waals surface area contributed by atoms with Crippen molar-refractivity contribution in [1.29, 1.82) is 0 Å². The van der Waals surface area contributed by atoms with Crippen molar-refractivity contribution in [2.45, 2.75) is 97.8 Å². The maximum absolute atomic E-state index is 12.9. The maximum atomic E-state index is 12.9. The number of hydrogen-bond acceptors (Lipinski definition) is 6. The van der Waals surface area contributed by atoms with Crippen molar-refractivity contribution < 1.29 is 28.7 Å². The lowest BCUT2D eigenvalue weighted by Gasteiger charge is -2.10. The third kappa shape index (κ3) is 11.6. The Morgan fingerprint density at radius 2 is 1.21 bits per heavy atom. The van der Waals surface area contributed by atoms with Crippen LogP contribution in [0.2, 0.25) is 0 Å². The molecule has 3 aromatic rings. The fourth-order valence-electron chi connectivity index (χ4n) is 4.79. The number of carbonyl (C=O) groups is 4. The Balaban J connectivity index is 1.49. The Morgan fingerprint density at radius 1 is 0.605 bits per heavy atom. The van der Waals surface area contributed by atoms with Gasteiger partial charge in [0.1, 0.15) is 17.3 Å². The normalized spacial score (nSPS) is 10.8. The van der Waals surface area contributed by atoms with E-state index in [9.17, 15) is 19.2 Å². The molecule has 0 bridgehead atoms. The molecule has 6 nitrogen and oxygen atoms in total. The van der Waals surface area contributed by atoms with Crippen LogP contribution in [-0.4, -0.2) is 23.5 Å². The van der Waals surface area contributed by atoms with Crippen molar-refractivity contribution in [2.24, 2.45) is 0 Å². The van der Waals surface area contributed by atoms with E-state index >= 15 is 0 Å². The fourth-order valence-corrected chi connectivity index (χ4v) is 4.79. The van der Waals surface area contributed by atoms with Crippen molar-refractivity contribution in [3.8, 4) is 11.5 Å². The largest absolute Gasteiger partial charge is 0.427 e. The average molecular weight is 585 g/mol. The molecule has 0 N–H and O–H groups in total. The van der Waals surface area contributed by atoms with Crippen LogP contribution in [-0.2, 0) is 22.4 Å². The lowest BCUT2D eigenvalue weighted by atomic mass is 9.98. The average Bonchev–Trinajstić information content (AvgIpc) is 2.99. The summed E-state index contributed by atoms with van der Waals surface area (Å²) in [5, 5.41) is 0. The van der Waals surface area contributed by atoms with Gasteiger partial charge in [-0.3, -0.25) is 14.4 Å². The summed E-state index contributed by atoms with van der Waals surface area (Å²) in [6.07, 6.45) is 10.0. The Hall–Kier alpha value is -4.06. The number of aryl methyl sites for hydroxylation is 1. The molecule has 0 aromatic heterocycles. The number of unbranched alkanes of at least 4 members (excludes halogenated alkanes) is 6. The van der Waals surface area contributed by atoms with Gasteiger partial charge in [-0.2, -0.15) is 0 Å². The molecule has 0 heterocycles. The van der Waals surface area contributed by atoms with Crippen LogP contribution < -0.4 is 9.47 Å². The minimum Gasteiger partial charge on any atom is -0.427 e. The molecule has 0 amide bonds. The summed E-state index contributed by atoms with van der Waals surface area (Å²) in [5.74, 6) is 0.200. The number of hydrogen-bond donors (Lipinski definition) is 0. The molecule has 0 spiro atoms. The standard InChI is InChI=1S/C37H44O6/c1-4-6-8-9-11-12-32(38)25-28-14-17-30(18-15-28)34(39)26-29-16-23-35(27(3)24-29)43-37(41)31-19-21-33(22-20-31)42-36(40)13-10-7-5-2/h14-24H,4-13,25-26H2,1-3H3. The van der Waals surface area contributed by atoms with Crippen LogP contribution in [0.1, 0.15) is 115 Å². The van der Waals surface area contributed by atoms with E-state index in [0.29, 0.717) is 41.9 Å². The molecule has 0 aliphatic heterocycles. The lowest BCUT2D eigenvalue weighted by molar-refractivity contribution is -0.134. The third-order valence-corrected chi connectivity index (χ3v) is 7.35. The van der Waals surface area contributed by atoms with E-state index in [1.807, 2.05) is 25.1 Å². The minimum atomic E-state index is -0.525. The number of ketones is 2. The summed E-state index contributed by atoms with van der Waals surface area (Å²) in [7, 11) is 0. The van der Waals surface area contributed by atoms with Crippen LogP contribution >= 0.6 is 0 Å². The Morgan fingerprint density at radius 3 is 1.88 bits per heavy atom. The van der Waals surface area contributed by atoms with Gasteiger partial charge in [0.05, 0.1) is 5.56 Å². The fraction of sp³-hybridized carbons (Fsp3) is 0.405. The van der Waals surface area contributed by atoms with Gasteiger partial charge in [-0.05, 0) is 66.8 Å². The maximum Gasteiger partial charge on any atom is 0.343 e. The third-order valence-electron chi connectivity index (χ3n) is 7.35. The van der Waals surface area contributed by atoms with Gasteiger partial charge < -0.3 is 9.47 Å². The molecule has 0 saturated carbocycles. The summed E-state index contributed by atoms with van der Waals surface area (Å²) >= 11 is 0. The molecule has 3 rings (SSSR count). The van der Waals surface area contributed by atoms with Gasteiger partial charge in [-0.15, -0.1) is 0 Å². The monoisotopic (exact) mass is 584 g/mol. The zero-order chi connectivity index (χ0) is 31.0. The first-order valence-electron chi connectivity index (χ1n) is 15.5. The first-order chi connectivity index (χ1) is 20.8. The predicted molar refractivity (Wildman–Crippen MR) is 169 cm³/mol. The molecular formula is C37H44O6. The lowest BCUT2D eigenvalue weighted by Crippen LogP contribution is -2.11. The first-order valence-corrected chi connectivity index (χ1v) is 15.5. The number of esters is 2. The molecule has 0 atom stereocenters. The molecule has 0 radical (unpaired) electrons. The number of rotatable bonds is 18. The Bertz CT molecular complexity index is 1350. The number of carbonyl (C=O) groups excluding carboxylic acids is 4. The second kappa shape index (κ2) is 17.8. The van der Waals surface area contributed by atoms with E-state index in [1.165, 1.54) is 19.3 Å². The van der Waals surface area contributed by atoms with Gasteiger partial charge in [-0.1, -0.05) is 88.8 Å². The van der Waals surface area contributed by atoms with Gasteiger partial charge in [0.2, 0.25) is 0 Å². The summed E-state index contributed by atoms with van der Waals surface area (Å²) < 4.78 is 10.9. The highest BCUT2D eigenvalue weighted by atomic mass is 16.5. The zero-order valence-corrected chi connectivity index (χ0v) is 25.8. The molecule has 228 valence electrons. The van der Waals surface area contributed by atoms with Crippen LogP contribution in [0.25, 0.3) is 0 Å². The number of Topliss-reactive ketones (excluding diaryl/α,β-unsaturated/α-hetero) is 2. The van der Waals surface area contributed by atoms with Crippen molar-refractivity contribution in [3.05, 3.63) is 94.5 Å². The van der Waals surface area contributed by atoms with Gasteiger partial charge in [0, 0.05) is 31.2 Å². The van der Waals surface area contributed by atoms with E-state index < -0.39 is 5.97 Å². The topological polar surface area (TPSA) is 86.7 Å². The summed E-state index contributed by atoms with van der Waals surface area (Å²) in [6.45, 7) is 6.08. The second-order valence-corrected chi connectivity index (χ2v) is 11.1. The van der Waals surface area contributed by atoms with Crippen molar-refractivity contribution in [1.82, 2.24) is 0 Å². The summed E-state index contributed by atoms with van der Waals surface area (Å²) in [6, 6.07) is 18.9. The molecule has 43 heavy (non-hydrogen) atoms. The van der Waals surface area contributed by atoms with E-state index in [0.717, 1.165) is 48.8 Å². The van der Waals surface area contributed by atoms with Gasteiger partial charge in [0.25, 0.3) is 0 Å². The van der Waals surface area contributed by atoms with E-state index in [4.69, 9.17) is 9.47 Å². The highest BCUT2D eigenvalue weighted by molar-refractivity contribution is 5.97. The van der Waals surface area contributed by atoms with E-state index in [-0.39, 0.29) is 24.0 Å². The number of benzene rings is 3. The van der Waals surface area contributed by atoms with Crippen LogP contribution in [0.3, 0.4) is 0 Å². The molecule has 0 unspecified atom stereocenters. The Labute approximate surface area is 255 Å². The summed E-state index contributed by atoms with van der Waals surface area (Å²) in [4.78, 5) is 49.8. The summed E-state index contributed by atoms with van der Waals surface area (Å²) in [5.41, 5.74) is 3.41. The molecular weight excluding hydrogens is 540 g/mol. The SMILES string of the molecule is CCCCCCCC(=O)Cc1ccc(C(=O)Cc2ccc(OC(=O)c3ccc(OC(=O)CCCCC)cc3)c(C)c2)cc1. The quantitative estimate of drug-likeness (QED) is 0.0644. The Kier molecular flexibility index (Phi) is 13.8. The smallest absolute Gasteiger partial charge is 0.343 e. The van der Waals surface area contributed by atoms with Crippen molar-refractivity contribution in [3.63, 3.8) is 0 Å².